The molecular weight excluding hydrogens is 467 g/mol. The fraction of sp³-hybridized carbons (Fsp3) is 0.200. The van der Waals surface area contributed by atoms with Crippen molar-refractivity contribution < 1.29 is 17.9 Å². The van der Waals surface area contributed by atoms with Crippen LogP contribution in [-0.4, -0.2) is 12.2 Å². The lowest BCUT2D eigenvalue weighted by molar-refractivity contribution is -0.137. The Bertz CT molecular complexity index is 1050. The van der Waals surface area contributed by atoms with Gasteiger partial charge in [-0.25, -0.2) is 0 Å². The molecule has 0 saturated heterocycles. The van der Waals surface area contributed by atoms with Gasteiger partial charge < -0.3 is 10.1 Å². The highest BCUT2D eigenvalue weighted by molar-refractivity contribution is 9.10. The van der Waals surface area contributed by atoms with Crippen LogP contribution in [0.4, 0.5) is 18.9 Å². The first kappa shape index (κ1) is 21.1. The fourth-order valence-corrected chi connectivity index (χ4v) is 4.14. The summed E-state index contributed by atoms with van der Waals surface area (Å²) in [6, 6.07) is 11.7. The Kier molecular flexibility index (Phi) is 5.87. The summed E-state index contributed by atoms with van der Waals surface area (Å²) in [6.45, 7) is 1.73. The monoisotopic (exact) mass is 481 g/mol. The highest BCUT2D eigenvalue weighted by atomic mass is 79.9. The number of anilines is 1. The average Bonchev–Trinajstić information content (AvgIpc) is 2.67. The van der Waals surface area contributed by atoms with E-state index in [0.717, 1.165) is 17.7 Å². The number of nitrogens with zero attached hydrogens (tertiary/aromatic N) is 2. The number of nitrogens with one attached hydrogen (secondary N) is 1. The topological polar surface area (TPSA) is 48.3 Å². The summed E-state index contributed by atoms with van der Waals surface area (Å²) < 4.78 is 45.7. The Morgan fingerprint density at radius 3 is 2.55 bits per heavy atom. The number of hydrogen-bond acceptors (Lipinski definition) is 3. The first-order valence-electron chi connectivity index (χ1n) is 8.39. The maximum atomic E-state index is 13.1. The third kappa shape index (κ3) is 4.09. The van der Waals surface area contributed by atoms with Gasteiger partial charge in [0.2, 0.25) is 0 Å². The largest absolute Gasteiger partial charge is 0.497 e. The SMILES string of the molecule is COC1=C(C)N(c2cccc(C(F)(F)F)c2)C(=S)N[C@@H]1c1ccc(C#N)cc1Br. The van der Waals surface area contributed by atoms with Gasteiger partial charge in [0.1, 0.15) is 11.8 Å². The van der Waals surface area contributed by atoms with E-state index in [1.807, 2.05) is 0 Å². The summed E-state index contributed by atoms with van der Waals surface area (Å²) in [5.41, 5.74) is 1.36. The van der Waals surface area contributed by atoms with Crippen LogP contribution in [-0.2, 0) is 10.9 Å². The van der Waals surface area contributed by atoms with E-state index in [1.54, 1.807) is 31.2 Å². The predicted molar refractivity (Wildman–Crippen MR) is 111 cm³/mol. The average molecular weight is 482 g/mol. The van der Waals surface area contributed by atoms with Crippen molar-refractivity contribution in [2.45, 2.75) is 19.1 Å². The van der Waals surface area contributed by atoms with Gasteiger partial charge in [-0.15, -0.1) is 0 Å². The van der Waals surface area contributed by atoms with Gasteiger partial charge >= 0.3 is 6.18 Å². The summed E-state index contributed by atoms with van der Waals surface area (Å²) in [6.07, 6.45) is -4.46. The third-order valence-corrected chi connectivity index (χ3v) is 5.50. The molecule has 0 unspecified atom stereocenters. The second-order valence-corrected chi connectivity index (χ2v) is 7.51. The van der Waals surface area contributed by atoms with Crippen molar-refractivity contribution in [1.82, 2.24) is 5.32 Å². The van der Waals surface area contributed by atoms with Crippen molar-refractivity contribution in [2.24, 2.45) is 0 Å². The van der Waals surface area contributed by atoms with Crippen LogP contribution in [0.5, 0.6) is 0 Å². The maximum absolute atomic E-state index is 13.1. The van der Waals surface area contributed by atoms with Crippen LogP contribution >= 0.6 is 28.1 Å². The Labute approximate surface area is 179 Å². The fourth-order valence-electron chi connectivity index (χ4n) is 3.17. The zero-order chi connectivity index (χ0) is 21.3. The van der Waals surface area contributed by atoms with Crippen LogP contribution in [0.1, 0.15) is 29.7 Å². The minimum atomic E-state index is -4.46. The Morgan fingerprint density at radius 1 is 1.24 bits per heavy atom. The number of thiocarbonyl (C=S) groups is 1. The number of ether oxygens (including phenoxy) is 1. The number of allylic oxidation sites excluding steroid dienone is 1. The molecule has 0 bridgehead atoms. The van der Waals surface area contributed by atoms with Crippen LogP contribution in [0.3, 0.4) is 0 Å². The van der Waals surface area contributed by atoms with Gasteiger partial charge in [-0.3, -0.25) is 4.90 Å². The molecule has 2 aromatic carbocycles. The molecule has 0 aromatic heterocycles. The number of benzene rings is 2. The van der Waals surface area contributed by atoms with Crippen LogP contribution in [0.15, 0.2) is 58.4 Å². The molecule has 0 spiro atoms. The van der Waals surface area contributed by atoms with Gasteiger partial charge in [-0.1, -0.05) is 28.1 Å². The van der Waals surface area contributed by atoms with E-state index in [1.165, 1.54) is 18.1 Å². The Morgan fingerprint density at radius 2 is 1.97 bits per heavy atom. The van der Waals surface area contributed by atoms with Crippen molar-refractivity contribution in [1.29, 1.82) is 5.26 Å². The highest BCUT2D eigenvalue weighted by Crippen LogP contribution is 2.38. The van der Waals surface area contributed by atoms with E-state index in [9.17, 15) is 13.2 Å². The molecule has 29 heavy (non-hydrogen) atoms. The molecule has 1 heterocycles. The van der Waals surface area contributed by atoms with E-state index in [-0.39, 0.29) is 10.8 Å². The van der Waals surface area contributed by atoms with E-state index >= 15 is 0 Å². The molecule has 0 amide bonds. The molecule has 2 aromatic rings. The molecule has 150 valence electrons. The van der Waals surface area contributed by atoms with Gasteiger partial charge in [0.15, 0.2) is 5.11 Å². The lowest BCUT2D eigenvalue weighted by atomic mass is 10.00. The van der Waals surface area contributed by atoms with Crippen LogP contribution < -0.4 is 10.2 Å². The van der Waals surface area contributed by atoms with E-state index in [4.69, 9.17) is 22.2 Å². The molecule has 0 radical (unpaired) electrons. The molecule has 1 aliphatic heterocycles. The standard InChI is InChI=1S/C20H15BrF3N3OS/c1-11-18(28-2)17(15-7-6-12(10-25)8-16(15)21)26-19(29)27(11)14-5-3-4-13(9-14)20(22,23)24/h3-9,17H,1-2H3,(H,26,29)/t17-/m1/s1. The van der Waals surface area contributed by atoms with Gasteiger partial charge in [0.25, 0.3) is 0 Å². The molecular formula is C20H15BrF3N3OS. The van der Waals surface area contributed by atoms with Crippen molar-refractivity contribution >= 4 is 38.9 Å². The van der Waals surface area contributed by atoms with E-state index < -0.39 is 17.8 Å². The van der Waals surface area contributed by atoms with Crippen LogP contribution in [0.2, 0.25) is 0 Å². The quantitative estimate of drug-likeness (QED) is 0.573. The normalized spacial score (nSPS) is 17.1. The van der Waals surface area contributed by atoms with E-state index in [2.05, 4.69) is 27.3 Å². The number of halogens is 4. The first-order chi connectivity index (χ1) is 13.7. The summed E-state index contributed by atoms with van der Waals surface area (Å²) in [4.78, 5) is 1.51. The number of alkyl halides is 3. The van der Waals surface area contributed by atoms with Crippen molar-refractivity contribution in [2.75, 3.05) is 12.0 Å². The maximum Gasteiger partial charge on any atom is 0.416 e. The lowest BCUT2D eigenvalue weighted by Crippen LogP contribution is -2.47. The minimum absolute atomic E-state index is 0.240. The second kappa shape index (κ2) is 8.05. The molecule has 0 saturated carbocycles. The molecule has 1 aliphatic rings. The van der Waals surface area contributed by atoms with Gasteiger partial charge in [-0.2, -0.15) is 18.4 Å². The van der Waals surface area contributed by atoms with Crippen LogP contribution in [0.25, 0.3) is 0 Å². The molecule has 4 nitrogen and oxygen atoms in total. The number of hydrogen-bond donors (Lipinski definition) is 1. The first-order valence-corrected chi connectivity index (χ1v) is 9.59. The molecule has 0 fully saturated rings. The predicted octanol–water partition coefficient (Wildman–Crippen LogP) is 5.65. The summed E-state index contributed by atoms with van der Waals surface area (Å²) in [7, 11) is 1.49. The van der Waals surface area contributed by atoms with Gasteiger partial charge in [-0.05, 0) is 55.0 Å². The van der Waals surface area contributed by atoms with Crippen LogP contribution in [0, 0.1) is 11.3 Å². The van der Waals surface area contributed by atoms with Gasteiger partial charge in [0, 0.05) is 10.2 Å². The highest BCUT2D eigenvalue weighted by Gasteiger charge is 2.35. The summed E-state index contributed by atoms with van der Waals surface area (Å²) in [5.74, 6) is 0.501. The second-order valence-electron chi connectivity index (χ2n) is 6.27. The number of nitriles is 1. The Hall–Kier alpha value is -2.57. The summed E-state index contributed by atoms with van der Waals surface area (Å²) in [5, 5.41) is 12.4. The molecule has 1 atom stereocenters. The molecule has 0 aliphatic carbocycles. The van der Waals surface area contributed by atoms with E-state index in [0.29, 0.717) is 21.5 Å². The smallest absolute Gasteiger partial charge is 0.416 e. The molecule has 9 heteroatoms. The molecule has 1 N–H and O–H groups in total. The zero-order valence-electron chi connectivity index (χ0n) is 15.3. The van der Waals surface area contributed by atoms with Gasteiger partial charge in [0.05, 0.1) is 30.0 Å². The third-order valence-electron chi connectivity index (χ3n) is 4.52. The Balaban J connectivity index is 2.08. The van der Waals surface area contributed by atoms with Crippen molar-refractivity contribution in [3.05, 3.63) is 75.1 Å². The number of rotatable bonds is 3. The number of methoxy groups -OCH3 is 1. The minimum Gasteiger partial charge on any atom is -0.497 e. The molecule has 3 rings (SSSR count). The lowest BCUT2D eigenvalue weighted by Gasteiger charge is -2.37. The van der Waals surface area contributed by atoms with Crippen molar-refractivity contribution in [3.63, 3.8) is 0 Å². The van der Waals surface area contributed by atoms with Crippen molar-refractivity contribution in [3.8, 4) is 6.07 Å². The zero-order valence-corrected chi connectivity index (χ0v) is 17.7. The summed E-state index contributed by atoms with van der Waals surface area (Å²) >= 11 is 8.93.